The predicted molar refractivity (Wildman–Crippen MR) is 104 cm³/mol. The zero-order chi connectivity index (χ0) is 22.9. The average molecular weight is 451 g/mol. The molecule has 0 bridgehead atoms. The van der Waals surface area contributed by atoms with Gasteiger partial charge in [0.2, 0.25) is 11.1 Å². The van der Waals surface area contributed by atoms with Gasteiger partial charge in [-0.25, -0.2) is 14.6 Å². The number of aromatic carboxylic acids is 2. The topological polar surface area (TPSA) is 178 Å². The van der Waals surface area contributed by atoms with E-state index in [2.05, 4.69) is 9.97 Å². The Hall–Kier alpha value is -4.19. The van der Waals surface area contributed by atoms with E-state index in [1.54, 1.807) is 0 Å². The third kappa shape index (κ3) is 4.09. The molecule has 0 radical (unpaired) electrons. The van der Waals surface area contributed by atoms with Crippen LogP contribution in [-0.2, 0) is 0 Å². The number of nitrogens with one attached hydrogen (secondary N) is 1. The van der Waals surface area contributed by atoms with Crippen LogP contribution in [0.25, 0.3) is 11.1 Å². The van der Waals surface area contributed by atoms with Crippen LogP contribution in [0.5, 0.6) is 17.4 Å². The van der Waals surface area contributed by atoms with E-state index in [1.807, 2.05) is 4.98 Å². The normalized spacial score (nSPS) is 10.5. The molecular formula is C18H12ClFN4O7. The zero-order valence-corrected chi connectivity index (χ0v) is 16.2. The smallest absolute Gasteiger partial charge is 0.342 e. The minimum absolute atomic E-state index is 0.0296. The minimum Gasteiger partial charge on any atom is -0.493 e. The van der Waals surface area contributed by atoms with Crippen molar-refractivity contribution in [2.45, 2.75) is 0 Å². The number of rotatable bonds is 6. The van der Waals surface area contributed by atoms with Crippen molar-refractivity contribution in [3.8, 4) is 28.5 Å². The lowest BCUT2D eigenvalue weighted by atomic mass is 9.95. The highest BCUT2D eigenvalue weighted by Gasteiger charge is 2.27. The molecule has 0 spiro atoms. The van der Waals surface area contributed by atoms with Crippen LogP contribution in [0.3, 0.4) is 0 Å². The first-order valence-corrected chi connectivity index (χ1v) is 8.58. The number of carboxylic acid groups (broad SMARTS) is 2. The number of aromatic nitrogens is 3. The molecule has 5 N–H and O–H groups in total. The first kappa shape index (κ1) is 21.5. The minimum atomic E-state index is -1.67. The molecule has 0 unspecified atom stereocenters. The van der Waals surface area contributed by atoms with Crippen LogP contribution < -0.4 is 20.8 Å². The summed E-state index contributed by atoms with van der Waals surface area (Å²) < 4.78 is 24.4. The van der Waals surface area contributed by atoms with Crippen LogP contribution in [0.4, 0.5) is 10.2 Å². The second-order valence-corrected chi connectivity index (χ2v) is 6.20. The second kappa shape index (κ2) is 8.28. The number of nitrogen functional groups attached to an aromatic ring is 1. The van der Waals surface area contributed by atoms with Gasteiger partial charge in [-0.3, -0.25) is 4.79 Å². The van der Waals surface area contributed by atoms with E-state index in [0.717, 1.165) is 6.20 Å². The number of H-pyrrole nitrogens is 1. The number of hydrogen-bond acceptors (Lipinski definition) is 8. The molecule has 2 aromatic heterocycles. The fourth-order valence-electron chi connectivity index (χ4n) is 2.75. The van der Waals surface area contributed by atoms with Gasteiger partial charge in [0.15, 0.2) is 11.5 Å². The number of hydrogen-bond donors (Lipinski definition) is 4. The lowest BCUT2D eigenvalue weighted by Gasteiger charge is -2.15. The van der Waals surface area contributed by atoms with Gasteiger partial charge in [-0.1, -0.05) is 6.07 Å². The highest BCUT2D eigenvalue weighted by atomic mass is 35.5. The van der Waals surface area contributed by atoms with Gasteiger partial charge in [-0.2, -0.15) is 9.37 Å². The number of benzene rings is 1. The molecule has 160 valence electrons. The van der Waals surface area contributed by atoms with Crippen molar-refractivity contribution in [1.82, 2.24) is 15.0 Å². The third-order valence-electron chi connectivity index (χ3n) is 4.01. The van der Waals surface area contributed by atoms with Crippen LogP contribution in [0, 0.1) is 5.82 Å². The summed E-state index contributed by atoms with van der Waals surface area (Å²) in [4.78, 5) is 44.6. The molecule has 0 amide bonds. The fraction of sp³-hybridized carbons (Fsp3) is 0.0556. The maximum absolute atomic E-state index is 13.9. The summed E-state index contributed by atoms with van der Waals surface area (Å²) in [6.07, 6.45) is 0.794. The molecule has 0 saturated carbocycles. The Balaban J connectivity index is 2.22. The van der Waals surface area contributed by atoms with E-state index in [4.69, 9.17) is 26.8 Å². The van der Waals surface area contributed by atoms with Crippen molar-refractivity contribution >= 4 is 29.4 Å². The van der Waals surface area contributed by atoms with Gasteiger partial charge in [0.05, 0.1) is 13.3 Å². The monoisotopic (exact) mass is 450 g/mol. The number of carbonyl (C=O) groups is 2. The van der Waals surface area contributed by atoms with Gasteiger partial charge in [-0.15, -0.1) is 0 Å². The number of pyridine rings is 1. The van der Waals surface area contributed by atoms with Gasteiger partial charge in [0.25, 0.3) is 11.4 Å². The number of nitrogens with zero attached hydrogens (tertiary/aromatic N) is 2. The Bertz CT molecular complexity index is 1280. The molecule has 2 heterocycles. The molecule has 0 aliphatic heterocycles. The molecular weight excluding hydrogens is 439 g/mol. The van der Waals surface area contributed by atoms with Crippen molar-refractivity contribution in [2.75, 3.05) is 12.8 Å². The van der Waals surface area contributed by atoms with E-state index in [0.29, 0.717) is 0 Å². The Labute approximate surface area is 176 Å². The Morgan fingerprint density at radius 2 is 1.87 bits per heavy atom. The molecule has 3 aromatic rings. The number of aromatic amines is 1. The second-order valence-electron chi connectivity index (χ2n) is 5.86. The Morgan fingerprint density at radius 1 is 1.19 bits per heavy atom. The molecule has 0 fully saturated rings. The van der Waals surface area contributed by atoms with E-state index in [-0.39, 0.29) is 22.3 Å². The number of carboxylic acids is 2. The molecule has 11 nitrogen and oxygen atoms in total. The van der Waals surface area contributed by atoms with Gasteiger partial charge in [0.1, 0.15) is 16.9 Å². The summed E-state index contributed by atoms with van der Waals surface area (Å²) in [7, 11) is 1.23. The Kier molecular flexibility index (Phi) is 5.75. The van der Waals surface area contributed by atoms with Gasteiger partial charge in [-0.05, 0) is 29.3 Å². The van der Waals surface area contributed by atoms with Crippen LogP contribution in [-0.4, -0.2) is 44.2 Å². The molecule has 0 atom stereocenters. The summed E-state index contributed by atoms with van der Waals surface area (Å²) in [5, 5.41) is 18.7. The third-order valence-corrected chi connectivity index (χ3v) is 4.20. The highest BCUT2D eigenvalue weighted by molar-refractivity contribution is 6.28. The lowest BCUT2D eigenvalue weighted by Crippen LogP contribution is -2.24. The molecule has 13 heteroatoms. The molecule has 3 rings (SSSR count). The molecule has 31 heavy (non-hydrogen) atoms. The molecule has 0 aliphatic rings. The fourth-order valence-corrected chi connectivity index (χ4v) is 2.88. The van der Waals surface area contributed by atoms with Gasteiger partial charge in [0, 0.05) is 5.56 Å². The van der Waals surface area contributed by atoms with E-state index < -0.39 is 51.7 Å². The first-order chi connectivity index (χ1) is 14.6. The van der Waals surface area contributed by atoms with Crippen LogP contribution >= 0.6 is 11.6 Å². The van der Waals surface area contributed by atoms with E-state index >= 15 is 0 Å². The summed E-state index contributed by atoms with van der Waals surface area (Å²) >= 11 is 5.63. The number of anilines is 1. The van der Waals surface area contributed by atoms with Crippen molar-refractivity contribution in [3.63, 3.8) is 0 Å². The van der Waals surface area contributed by atoms with Crippen molar-refractivity contribution in [2.24, 2.45) is 0 Å². The van der Waals surface area contributed by atoms with Crippen LogP contribution in [0.2, 0.25) is 5.28 Å². The van der Waals surface area contributed by atoms with Gasteiger partial charge < -0.3 is 30.4 Å². The standard InChI is InChI=1S/C18H12ClFN4O7/c1-30-9-4-6(2-3-8(9)31-15-7(20)5-22-18(19)24-15)10-11(16(26)27)13(21)23-14(25)12(10)17(28)29/h2-5H,1H3,(H,26,27)(H,28,29)(H3,21,23,25). The number of ether oxygens (including phenoxy) is 2. The summed E-state index contributed by atoms with van der Waals surface area (Å²) in [5.74, 6) is -5.32. The molecule has 0 aliphatic carbocycles. The predicted octanol–water partition coefficient (Wildman–Crippen LogP) is 2.40. The lowest BCUT2D eigenvalue weighted by molar-refractivity contribution is 0.0695. The SMILES string of the molecule is COc1cc(-c2c(C(=O)O)c(N)[nH]c(=O)c2C(=O)O)ccc1Oc1nc(Cl)ncc1F. The number of methoxy groups -OCH3 is 1. The summed E-state index contributed by atoms with van der Waals surface area (Å²) in [6, 6.07) is 3.67. The number of halogens is 2. The molecule has 0 saturated heterocycles. The Morgan fingerprint density at radius 3 is 2.48 bits per heavy atom. The quantitative estimate of drug-likeness (QED) is 0.407. The maximum Gasteiger partial charge on any atom is 0.342 e. The maximum atomic E-state index is 13.9. The van der Waals surface area contributed by atoms with E-state index in [9.17, 15) is 29.0 Å². The van der Waals surface area contributed by atoms with Crippen LogP contribution in [0.1, 0.15) is 20.7 Å². The highest BCUT2D eigenvalue weighted by Crippen LogP contribution is 2.38. The number of nitrogens with two attached hydrogens (primary N) is 1. The van der Waals surface area contributed by atoms with E-state index in [1.165, 1.54) is 25.3 Å². The van der Waals surface area contributed by atoms with Gasteiger partial charge >= 0.3 is 11.9 Å². The summed E-state index contributed by atoms with van der Waals surface area (Å²) in [5.41, 5.74) is 2.58. The van der Waals surface area contributed by atoms with Crippen molar-refractivity contribution in [3.05, 3.63) is 57.0 Å². The largest absolute Gasteiger partial charge is 0.493 e. The zero-order valence-electron chi connectivity index (χ0n) is 15.5. The molecule has 1 aromatic carbocycles. The average Bonchev–Trinajstić information content (AvgIpc) is 2.69. The summed E-state index contributed by atoms with van der Waals surface area (Å²) in [6.45, 7) is 0. The van der Waals surface area contributed by atoms with Crippen molar-refractivity contribution in [1.29, 1.82) is 0 Å². The van der Waals surface area contributed by atoms with Crippen molar-refractivity contribution < 1.29 is 33.7 Å². The first-order valence-electron chi connectivity index (χ1n) is 8.20. The van der Waals surface area contributed by atoms with Crippen LogP contribution in [0.15, 0.2) is 29.2 Å².